The van der Waals surface area contributed by atoms with Gasteiger partial charge in [-0.2, -0.15) is 0 Å². The largest absolute Gasteiger partial charge is 0.508 e. The molecule has 0 amide bonds. The third-order valence-electron chi connectivity index (χ3n) is 4.42. The fourth-order valence-corrected chi connectivity index (χ4v) is 3.01. The molecule has 0 aliphatic heterocycles. The maximum atomic E-state index is 12.7. The maximum absolute atomic E-state index is 12.7. The summed E-state index contributed by atoms with van der Waals surface area (Å²) in [5.41, 5.74) is 2.34. The van der Waals surface area contributed by atoms with Gasteiger partial charge in [-0.25, -0.2) is 0 Å². The van der Waals surface area contributed by atoms with Crippen LogP contribution in [0.4, 0.5) is 0 Å². The van der Waals surface area contributed by atoms with Crippen LogP contribution in [0.5, 0.6) is 5.75 Å². The molecule has 0 aliphatic rings. The van der Waals surface area contributed by atoms with E-state index >= 15 is 0 Å². The minimum atomic E-state index is -0.00977. The number of phenols is 1. The van der Waals surface area contributed by atoms with Gasteiger partial charge in [-0.05, 0) is 30.5 Å². The Morgan fingerprint density at radius 3 is 2.25 bits per heavy atom. The molecule has 0 aliphatic carbocycles. The molecule has 0 aromatic heterocycles. The van der Waals surface area contributed by atoms with E-state index in [0.717, 1.165) is 18.4 Å². The van der Waals surface area contributed by atoms with Crippen LogP contribution in [0.2, 0.25) is 0 Å². The van der Waals surface area contributed by atoms with Crippen LogP contribution in [0.25, 0.3) is 0 Å². The average molecular weight is 324 g/mol. The number of carbonyl (C=O) groups excluding carboxylic acids is 1. The summed E-state index contributed by atoms with van der Waals surface area (Å²) >= 11 is 0. The fourth-order valence-electron chi connectivity index (χ4n) is 3.01. The van der Waals surface area contributed by atoms with E-state index in [0.29, 0.717) is 11.1 Å². The van der Waals surface area contributed by atoms with Crippen LogP contribution < -0.4 is 0 Å². The van der Waals surface area contributed by atoms with Gasteiger partial charge < -0.3 is 5.11 Å². The average Bonchev–Trinajstić information content (AvgIpc) is 2.62. The highest BCUT2D eigenvalue weighted by Crippen LogP contribution is 2.22. The molecule has 0 atom stereocenters. The van der Waals surface area contributed by atoms with Gasteiger partial charge in [-0.3, -0.25) is 4.79 Å². The Bertz CT molecular complexity index is 632. The Kier molecular flexibility index (Phi) is 7.54. The van der Waals surface area contributed by atoms with Crippen molar-refractivity contribution >= 4 is 5.78 Å². The Morgan fingerprint density at radius 1 is 0.875 bits per heavy atom. The van der Waals surface area contributed by atoms with Crippen molar-refractivity contribution in [2.24, 2.45) is 0 Å². The van der Waals surface area contributed by atoms with Gasteiger partial charge in [-0.1, -0.05) is 81.8 Å². The van der Waals surface area contributed by atoms with Crippen molar-refractivity contribution in [3.05, 3.63) is 65.2 Å². The van der Waals surface area contributed by atoms with Gasteiger partial charge in [0.15, 0.2) is 5.78 Å². The van der Waals surface area contributed by atoms with Gasteiger partial charge in [0.05, 0.1) is 0 Å². The van der Waals surface area contributed by atoms with Crippen molar-refractivity contribution in [2.75, 3.05) is 0 Å². The standard InChI is InChI=1S/C22H28O2/c1-2-3-4-5-6-7-9-12-18-15-16-20(23)17-21(18)22(24)19-13-10-8-11-14-19/h8,10-11,13-17,23H,2-7,9,12H2,1H3. The summed E-state index contributed by atoms with van der Waals surface area (Å²) in [5, 5.41) is 9.77. The van der Waals surface area contributed by atoms with Crippen LogP contribution in [0, 0.1) is 0 Å². The van der Waals surface area contributed by atoms with Gasteiger partial charge in [-0.15, -0.1) is 0 Å². The van der Waals surface area contributed by atoms with Gasteiger partial charge in [0, 0.05) is 11.1 Å². The van der Waals surface area contributed by atoms with Crippen molar-refractivity contribution in [1.29, 1.82) is 0 Å². The molecule has 2 aromatic rings. The Labute approximate surface area is 145 Å². The lowest BCUT2D eigenvalue weighted by molar-refractivity contribution is 0.103. The van der Waals surface area contributed by atoms with Gasteiger partial charge in [0.2, 0.25) is 0 Å². The second-order valence-electron chi connectivity index (χ2n) is 6.41. The molecule has 0 spiro atoms. The zero-order valence-electron chi connectivity index (χ0n) is 14.6. The first kappa shape index (κ1) is 18.3. The first-order valence-electron chi connectivity index (χ1n) is 9.14. The molecule has 0 fully saturated rings. The minimum absolute atomic E-state index is 0.00977. The number of rotatable bonds is 10. The van der Waals surface area contributed by atoms with Gasteiger partial charge >= 0.3 is 0 Å². The van der Waals surface area contributed by atoms with Crippen LogP contribution in [0.3, 0.4) is 0 Å². The number of hydrogen-bond donors (Lipinski definition) is 1. The molecule has 0 radical (unpaired) electrons. The van der Waals surface area contributed by atoms with Gasteiger partial charge in [0.25, 0.3) is 0 Å². The highest BCUT2D eigenvalue weighted by Gasteiger charge is 2.14. The second-order valence-corrected chi connectivity index (χ2v) is 6.41. The zero-order valence-corrected chi connectivity index (χ0v) is 14.6. The van der Waals surface area contributed by atoms with Crippen LogP contribution in [-0.4, -0.2) is 10.9 Å². The smallest absolute Gasteiger partial charge is 0.193 e. The van der Waals surface area contributed by atoms with E-state index in [1.165, 1.54) is 38.5 Å². The van der Waals surface area contributed by atoms with E-state index in [9.17, 15) is 9.90 Å². The Morgan fingerprint density at radius 2 is 1.54 bits per heavy atom. The summed E-state index contributed by atoms with van der Waals surface area (Å²) in [7, 11) is 0. The van der Waals surface area contributed by atoms with E-state index in [4.69, 9.17) is 0 Å². The molecular formula is C22H28O2. The summed E-state index contributed by atoms with van der Waals surface area (Å²) < 4.78 is 0. The fraction of sp³-hybridized carbons (Fsp3) is 0.409. The monoisotopic (exact) mass is 324 g/mol. The third kappa shape index (κ3) is 5.52. The first-order valence-corrected chi connectivity index (χ1v) is 9.14. The molecule has 128 valence electrons. The van der Waals surface area contributed by atoms with Crippen molar-refractivity contribution in [3.63, 3.8) is 0 Å². The number of hydrogen-bond acceptors (Lipinski definition) is 2. The SMILES string of the molecule is CCCCCCCCCc1ccc(O)cc1C(=O)c1ccccc1. The molecule has 0 heterocycles. The highest BCUT2D eigenvalue weighted by atomic mass is 16.3. The number of aromatic hydroxyl groups is 1. The van der Waals surface area contributed by atoms with Crippen LogP contribution in [0.1, 0.15) is 73.4 Å². The zero-order chi connectivity index (χ0) is 17.2. The second kappa shape index (κ2) is 9.92. The number of ketones is 1. The van der Waals surface area contributed by atoms with Crippen LogP contribution in [0.15, 0.2) is 48.5 Å². The van der Waals surface area contributed by atoms with E-state index in [1.54, 1.807) is 12.1 Å². The number of aryl methyl sites for hydroxylation is 1. The number of phenolic OH excluding ortho intramolecular Hbond substituents is 1. The molecule has 0 saturated heterocycles. The summed E-state index contributed by atoms with van der Waals surface area (Å²) in [4.78, 5) is 12.7. The van der Waals surface area contributed by atoms with E-state index < -0.39 is 0 Å². The molecule has 1 N–H and O–H groups in total. The lowest BCUT2D eigenvalue weighted by atomic mass is 9.94. The molecule has 24 heavy (non-hydrogen) atoms. The predicted molar refractivity (Wildman–Crippen MR) is 99.7 cm³/mol. The lowest BCUT2D eigenvalue weighted by Gasteiger charge is -2.10. The molecule has 2 rings (SSSR count). The Hall–Kier alpha value is -2.09. The molecule has 2 aromatic carbocycles. The van der Waals surface area contributed by atoms with Crippen molar-refractivity contribution in [3.8, 4) is 5.75 Å². The molecule has 2 nitrogen and oxygen atoms in total. The number of unbranched alkanes of at least 4 members (excludes halogenated alkanes) is 6. The molecule has 0 unspecified atom stereocenters. The quantitative estimate of drug-likeness (QED) is 0.435. The molecule has 0 saturated carbocycles. The summed E-state index contributed by atoms with van der Waals surface area (Å²) in [6, 6.07) is 14.5. The molecule has 0 bridgehead atoms. The topological polar surface area (TPSA) is 37.3 Å². The lowest BCUT2D eigenvalue weighted by Crippen LogP contribution is -2.05. The van der Waals surface area contributed by atoms with Crippen molar-refractivity contribution < 1.29 is 9.90 Å². The van der Waals surface area contributed by atoms with E-state index in [2.05, 4.69) is 6.92 Å². The normalized spacial score (nSPS) is 10.7. The maximum Gasteiger partial charge on any atom is 0.193 e. The van der Waals surface area contributed by atoms with Crippen LogP contribution in [-0.2, 0) is 6.42 Å². The Balaban J connectivity index is 1.96. The van der Waals surface area contributed by atoms with Crippen LogP contribution >= 0.6 is 0 Å². The third-order valence-corrected chi connectivity index (χ3v) is 4.42. The first-order chi connectivity index (χ1) is 11.7. The number of carbonyl (C=O) groups is 1. The molecular weight excluding hydrogens is 296 g/mol. The van der Waals surface area contributed by atoms with Crippen molar-refractivity contribution in [1.82, 2.24) is 0 Å². The van der Waals surface area contributed by atoms with Crippen molar-refractivity contribution in [2.45, 2.75) is 58.3 Å². The van der Waals surface area contributed by atoms with Gasteiger partial charge in [0.1, 0.15) is 5.75 Å². The van der Waals surface area contributed by atoms with E-state index in [1.807, 2.05) is 36.4 Å². The molecule has 2 heteroatoms. The summed E-state index contributed by atoms with van der Waals surface area (Å²) in [6.07, 6.45) is 9.68. The summed E-state index contributed by atoms with van der Waals surface area (Å²) in [5.74, 6) is 0.141. The number of benzene rings is 2. The highest BCUT2D eigenvalue weighted by molar-refractivity contribution is 6.10. The van der Waals surface area contributed by atoms with E-state index in [-0.39, 0.29) is 11.5 Å². The minimum Gasteiger partial charge on any atom is -0.508 e. The summed E-state index contributed by atoms with van der Waals surface area (Å²) in [6.45, 7) is 2.23. The predicted octanol–water partition coefficient (Wildman–Crippen LogP) is 5.92.